The minimum absolute atomic E-state index is 0.0205. The number of hydrogen-bond acceptors (Lipinski definition) is 7. The molecule has 2 fully saturated rings. The van der Waals surface area contributed by atoms with Gasteiger partial charge in [0.05, 0.1) is 17.8 Å². The molecular weight excluding hydrogens is 446 g/mol. The molecule has 2 aliphatic rings. The van der Waals surface area contributed by atoms with Gasteiger partial charge in [0.15, 0.2) is 5.82 Å². The van der Waals surface area contributed by atoms with Crippen LogP contribution in [-0.2, 0) is 4.79 Å². The third kappa shape index (κ3) is 4.29. The van der Waals surface area contributed by atoms with Crippen LogP contribution in [0.5, 0.6) is 0 Å². The lowest BCUT2D eigenvalue weighted by Crippen LogP contribution is -2.32. The topological polar surface area (TPSA) is 112 Å². The van der Waals surface area contributed by atoms with Crippen molar-refractivity contribution < 1.29 is 9.59 Å². The van der Waals surface area contributed by atoms with Gasteiger partial charge in [-0.15, -0.1) is 10.2 Å². The van der Waals surface area contributed by atoms with Gasteiger partial charge in [-0.2, -0.15) is 0 Å². The van der Waals surface area contributed by atoms with E-state index in [0.717, 1.165) is 24.5 Å². The van der Waals surface area contributed by atoms with Gasteiger partial charge in [-0.05, 0) is 44.5 Å². The lowest BCUT2D eigenvalue weighted by atomic mass is 10.1. The molecule has 1 atom stereocenters. The second-order valence-electron chi connectivity index (χ2n) is 9.04. The number of carbonyl (C=O) groups is 2. The van der Waals surface area contributed by atoms with Crippen LogP contribution in [0, 0.1) is 5.92 Å². The van der Waals surface area contributed by atoms with E-state index in [0.29, 0.717) is 37.0 Å². The fourth-order valence-electron chi connectivity index (χ4n) is 4.60. The van der Waals surface area contributed by atoms with Gasteiger partial charge in [-0.1, -0.05) is 6.07 Å². The monoisotopic (exact) mass is 475 g/mol. The van der Waals surface area contributed by atoms with E-state index in [2.05, 4.69) is 39.2 Å². The molecular formula is C24H29N9O2. The van der Waals surface area contributed by atoms with Gasteiger partial charge in [0.1, 0.15) is 23.7 Å². The zero-order chi connectivity index (χ0) is 24.5. The molecule has 0 aromatic carbocycles. The second kappa shape index (κ2) is 9.32. The molecule has 11 heteroatoms. The molecule has 0 bridgehead atoms. The van der Waals surface area contributed by atoms with Crippen molar-refractivity contribution in [3.63, 3.8) is 0 Å². The van der Waals surface area contributed by atoms with Crippen molar-refractivity contribution in [2.45, 2.75) is 26.3 Å². The molecule has 0 saturated carbocycles. The van der Waals surface area contributed by atoms with Crippen LogP contribution in [-0.4, -0.2) is 69.9 Å². The number of urea groups is 1. The third-order valence-electron chi connectivity index (χ3n) is 6.55. The summed E-state index contributed by atoms with van der Waals surface area (Å²) in [5, 5.41) is 11.0. The summed E-state index contributed by atoms with van der Waals surface area (Å²) in [6.45, 7) is 6.61. The zero-order valence-electron chi connectivity index (χ0n) is 20.1. The summed E-state index contributed by atoms with van der Waals surface area (Å²) in [6.07, 6.45) is 4.22. The number of amides is 3. The van der Waals surface area contributed by atoms with E-state index in [4.69, 9.17) is 4.98 Å². The largest absolute Gasteiger partial charge is 0.359 e. The Balaban J connectivity index is 1.30. The molecule has 1 N–H and O–H groups in total. The Labute approximate surface area is 203 Å². The maximum atomic E-state index is 13.3. The molecule has 0 spiro atoms. The summed E-state index contributed by atoms with van der Waals surface area (Å²) in [5.41, 5.74) is 1.41. The average molecular weight is 476 g/mol. The van der Waals surface area contributed by atoms with Crippen LogP contribution in [0.4, 0.5) is 22.1 Å². The van der Waals surface area contributed by atoms with Gasteiger partial charge >= 0.3 is 6.03 Å². The Morgan fingerprint density at radius 1 is 1.09 bits per heavy atom. The minimum Gasteiger partial charge on any atom is -0.359 e. The Morgan fingerprint density at radius 3 is 2.66 bits per heavy atom. The highest BCUT2D eigenvalue weighted by Gasteiger charge is 2.33. The van der Waals surface area contributed by atoms with Crippen LogP contribution < -0.4 is 20.0 Å². The van der Waals surface area contributed by atoms with Gasteiger partial charge in [0, 0.05) is 39.3 Å². The highest BCUT2D eigenvalue weighted by molar-refractivity contribution is 6.05. The summed E-state index contributed by atoms with van der Waals surface area (Å²) in [7, 11) is 1.66. The molecule has 11 nitrogen and oxygen atoms in total. The number of anilines is 3. The molecule has 0 aliphatic carbocycles. The number of nitrogens with one attached hydrogen (secondary N) is 1. The first kappa shape index (κ1) is 22.8. The van der Waals surface area contributed by atoms with E-state index in [1.54, 1.807) is 29.4 Å². The van der Waals surface area contributed by atoms with Crippen molar-refractivity contribution >= 4 is 29.3 Å². The second-order valence-corrected chi connectivity index (χ2v) is 9.04. The predicted molar refractivity (Wildman–Crippen MR) is 132 cm³/mol. The van der Waals surface area contributed by atoms with Crippen molar-refractivity contribution in [2.24, 2.45) is 5.92 Å². The van der Waals surface area contributed by atoms with Gasteiger partial charge in [0.2, 0.25) is 5.91 Å². The Hall–Kier alpha value is -4.02. The molecule has 2 aliphatic heterocycles. The predicted octanol–water partition coefficient (Wildman–Crippen LogP) is 2.33. The van der Waals surface area contributed by atoms with E-state index in [-0.39, 0.29) is 23.9 Å². The molecule has 5 rings (SSSR count). The molecule has 3 aromatic heterocycles. The Bertz CT molecular complexity index is 1220. The number of rotatable bonds is 6. The third-order valence-corrected chi connectivity index (χ3v) is 6.55. The minimum atomic E-state index is -0.143. The van der Waals surface area contributed by atoms with Gasteiger partial charge in [-0.3, -0.25) is 14.6 Å². The molecule has 0 radical (unpaired) electrons. The van der Waals surface area contributed by atoms with Gasteiger partial charge in [0.25, 0.3) is 0 Å². The number of carbonyl (C=O) groups excluding carboxylic acids is 2. The van der Waals surface area contributed by atoms with E-state index in [9.17, 15) is 9.59 Å². The van der Waals surface area contributed by atoms with Crippen LogP contribution in [0.3, 0.4) is 0 Å². The van der Waals surface area contributed by atoms with Crippen LogP contribution >= 0.6 is 0 Å². The van der Waals surface area contributed by atoms with Crippen LogP contribution in [0.15, 0.2) is 42.9 Å². The lowest BCUT2D eigenvalue weighted by Gasteiger charge is -2.20. The number of hydrogen-bond donors (Lipinski definition) is 1. The van der Waals surface area contributed by atoms with Crippen molar-refractivity contribution in [1.29, 1.82) is 0 Å². The molecule has 3 aromatic rings. The highest BCUT2D eigenvalue weighted by atomic mass is 16.2. The quantitative estimate of drug-likeness (QED) is 0.582. The summed E-state index contributed by atoms with van der Waals surface area (Å²) in [6, 6.07) is 9.46. The van der Waals surface area contributed by atoms with E-state index < -0.39 is 0 Å². The zero-order valence-corrected chi connectivity index (χ0v) is 20.1. The maximum Gasteiger partial charge on any atom is 0.330 e. The maximum absolute atomic E-state index is 13.3. The highest BCUT2D eigenvalue weighted by Crippen LogP contribution is 2.28. The average Bonchev–Trinajstić information content (AvgIpc) is 3.63. The van der Waals surface area contributed by atoms with Crippen molar-refractivity contribution in [3.8, 4) is 11.5 Å². The first-order chi connectivity index (χ1) is 17.0. The summed E-state index contributed by atoms with van der Waals surface area (Å²) in [4.78, 5) is 40.0. The fourth-order valence-corrected chi connectivity index (χ4v) is 4.60. The molecule has 5 heterocycles. The first-order valence-corrected chi connectivity index (χ1v) is 11.8. The number of nitrogens with zero attached hydrogens (tertiary/aromatic N) is 8. The van der Waals surface area contributed by atoms with E-state index in [1.807, 2.05) is 34.9 Å². The van der Waals surface area contributed by atoms with Crippen molar-refractivity contribution in [1.82, 2.24) is 30.0 Å². The fraction of sp³-hybridized carbons (Fsp3) is 0.417. The first-order valence-electron chi connectivity index (χ1n) is 11.8. The smallest absolute Gasteiger partial charge is 0.330 e. The summed E-state index contributed by atoms with van der Waals surface area (Å²) in [5.74, 6) is 2.11. The van der Waals surface area contributed by atoms with Crippen LogP contribution in [0.1, 0.15) is 26.3 Å². The van der Waals surface area contributed by atoms with Crippen LogP contribution in [0.2, 0.25) is 0 Å². The Kier molecular flexibility index (Phi) is 6.06. The number of pyridine rings is 2. The summed E-state index contributed by atoms with van der Waals surface area (Å²) < 4.78 is 1.95. The summed E-state index contributed by atoms with van der Waals surface area (Å²) >= 11 is 0. The van der Waals surface area contributed by atoms with Crippen molar-refractivity contribution in [3.05, 3.63) is 42.9 Å². The van der Waals surface area contributed by atoms with Crippen LogP contribution in [0.25, 0.3) is 11.5 Å². The Morgan fingerprint density at radius 2 is 1.91 bits per heavy atom. The van der Waals surface area contributed by atoms with Gasteiger partial charge < -0.3 is 14.8 Å². The van der Waals surface area contributed by atoms with Gasteiger partial charge in [-0.25, -0.2) is 14.8 Å². The van der Waals surface area contributed by atoms with E-state index in [1.165, 1.54) is 0 Å². The van der Waals surface area contributed by atoms with E-state index >= 15 is 0 Å². The molecule has 182 valence electrons. The molecule has 3 amide bonds. The molecule has 1 unspecified atom stereocenters. The number of aromatic nitrogens is 5. The molecule has 2 saturated heterocycles. The lowest BCUT2D eigenvalue weighted by molar-refractivity contribution is -0.123. The molecule has 35 heavy (non-hydrogen) atoms. The SMILES string of the molecule is CNC(=O)C1CCN(c2ccc(N3CCN(c4cccc(-c5nncn5C(C)C)n4)C3=O)cn2)C1. The standard InChI is InChI=1S/C24H29N9O2/c1-16(2)33-15-27-29-22(33)19-5-4-6-21(28-19)32-12-11-31(24(32)35)18-7-8-20(26-13-18)30-10-9-17(14-30)23(34)25-3/h4-8,13,15-17H,9-12,14H2,1-3H3,(H,25,34). The van der Waals surface area contributed by atoms with Crippen molar-refractivity contribution in [2.75, 3.05) is 47.9 Å². The normalized spacial score (nSPS) is 18.1.